The van der Waals surface area contributed by atoms with Gasteiger partial charge in [-0.15, -0.1) is 0 Å². The second kappa shape index (κ2) is 6.91. The Morgan fingerprint density at radius 3 is 2.54 bits per heavy atom. The minimum atomic E-state index is 0.00465. The molecule has 120 valence electrons. The summed E-state index contributed by atoms with van der Waals surface area (Å²) in [5.41, 5.74) is 3.44. The predicted molar refractivity (Wildman–Crippen MR) is 92.2 cm³/mol. The minimum Gasteiger partial charge on any atom is -0.424 e. The fourth-order valence-corrected chi connectivity index (χ4v) is 2.32. The second-order valence-electron chi connectivity index (χ2n) is 5.39. The van der Waals surface area contributed by atoms with Crippen LogP contribution in [-0.4, -0.2) is 15.9 Å². The zero-order valence-corrected chi connectivity index (χ0v) is 13.3. The maximum Gasteiger partial charge on any atom is 0.321 e. The summed E-state index contributed by atoms with van der Waals surface area (Å²) in [4.78, 5) is 19.9. The molecule has 1 amide bonds. The molecule has 0 aliphatic carbocycles. The summed E-state index contributed by atoms with van der Waals surface area (Å²) >= 11 is 0. The van der Waals surface area contributed by atoms with Crippen molar-refractivity contribution in [1.82, 2.24) is 15.3 Å². The first-order valence-corrected chi connectivity index (χ1v) is 7.55. The van der Waals surface area contributed by atoms with Gasteiger partial charge in [0.25, 0.3) is 0 Å². The molecule has 5 heteroatoms. The van der Waals surface area contributed by atoms with Crippen LogP contribution in [0.5, 0.6) is 11.8 Å². The van der Waals surface area contributed by atoms with E-state index in [1.54, 1.807) is 18.5 Å². The molecule has 1 aromatic heterocycles. The van der Waals surface area contributed by atoms with Crippen molar-refractivity contribution in [2.24, 2.45) is 0 Å². The van der Waals surface area contributed by atoms with Crippen molar-refractivity contribution in [3.8, 4) is 11.8 Å². The number of nitrogens with zero attached hydrogens (tertiary/aromatic N) is 2. The molecule has 3 rings (SSSR count). The van der Waals surface area contributed by atoms with Crippen LogP contribution in [0.4, 0.5) is 0 Å². The Bertz CT molecular complexity index is 821. The third kappa shape index (κ3) is 3.57. The highest BCUT2D eigenvalue weighted by atomic mass is 16.5. The third-order valence-corrected chi connectivity index (χ3v) is 3.59. The lowest BCUT2D eigenvalue weighted by Crippen LogP contribution is -2.13. The molecular weight excluding hydrogens is 302 g/mol. The van der Waals surface area contributed by atoms with Crippen LogP contribution in [-0.2, 0) is 4.79 Å². The van der Waals surface area contributed by atoms with Gasteiger partial charge in [-0.05, 0) is 36.3 Å². The first-order chi connectivity index (χ1) is 11.7. The number of ether oxygens (including phenoxy) is 1. The van der Waals surface area contributed by atoms with Crippen molar-refractivity contribution < 1.29 is 9.53 Å². The summed E-state index contributed by atoms with van der Waals surface area (Å²) in [6.45, 7) is 5.75. The fraction of sp³-hybridized carbons (Fsp3) is 0.105. The van der Waals surface area contributed by atoms with Crippen LogP contribution < -0.4 is 10.1 Å². The maximum atomic E-state index is 11.4. The number of aromatic nitrogens is 2. The third-order valence-electron chi connectivity index (χ3n) is 3.59. The van der Waals surface area contributed by atoms with E-state index in [1.165, 1.54) is 0 Å². The summed E-state index contributed by atoms with van der Waals surface area (Å²) in [6.07, 6.45) is 7.36. The number of rotatable bonds is 5. The topological polar surface area (TPSA) is 64.1 Å². The molecular formula is C19H17N3O2. The molecule has 1 aliphatic rings. The summed E-state index contributed by atoms with van der Waals surface area (Å²) in [6, 6.07) is 9.63. The summed E-state index contributed by atoms with van der Waals surface area (Å²) in [5.74, 6) is 0.684. The Kier molecular flexibility index (Phi) is 4.52. The van der Waals surface area contributed by atoms with E-state index in [-0.39, 0.29) is 11.9 Å². The maximum absolute atomic E-state index is 11.4. The largest absolute Gasteiger partial charge is 0.424 e. The molecule has 5 nitrogen and oxygen atoms in total. The van der Waals surface area contributed by atoms with Crippen LogP contribution in [0.2, 0.25) is 0 Å². The van der Waals surface area contributed by atoms with Crippen LogP contribution >= 0.6 is 0 Å². The quantitative estimate of drug-likeness (QED) is 0.855. The van der Waals surface area contributed by atoms with Crippen LogP contribution in [0.3, 0.4) is 0 Å². The number of hydrogen-bond acceptors (Lipinski definition) is 4. The SMILES string of the molecule is C=C/C(=C\C1=C(C)CC(=O)N1)c1cnc(Oc2ccccc2)nc1. The Hall–Kier alpha value is -3.21. The summed E-state index contributed by atoms with van der Waals surface area (Å²) in [5, 5.41) is 2.83. The normalized spacial score (nSPS) is 14.5. The monoisotopic (exact) mass is 319 g/mol. The van der Waals surface area contributed by atoms with E-state index in [1.807, 2.05) is 43.3 Å². The molecule has 2 aromatic rings. The highest BCUT2D eigenvalue weighted by Gasteiger charge is 2.16. The zero-order valence-electron chi connectivity index (χ0n) is 13.3. The van der Waals surface area contributed by atoms with Crippen molar-refractivity contribution in [3.05, 3.63) is 78.3 Å². The molecule has 2 heterocycles. The number of benzene rings is 1. The second-order valence-corrected chi connectivity index (χ2v) is 5.39. The number of carbonyl (C=O) groups excluding carboxylic acids is 1. The Balaban J connectivity index is 1.80. The molecule has 0 spiro atoms. The lowest BCUT2D eigenvalue weighted by atomic mass is 10.1. The van der Waals surface area contributed by atoms with Gasteiger partial charge in [-0.25, -0.2) is 9.97 Å². The molecule has 0 bridgehead atoms. The lowest BCUT2D eigenvalue weighted by Gasteiger charge is -2.06. The van der Waals surface area contributed by atoms with Gasteiger partial charge in [-0.1, -0.05) is 30.9 Å². The van der Waals surface area contributed by atoms with Gasteiger partial charge >= 0.3 is 6.01 Å². The number of para-hydroxylation sites is 1. The van der Waals surface area contributed by atoms with Gasteiger partial charge in [-0.2, -0.15) is 0 Å². The van der Waals surface area contributed by atoms with Crippen molar-refractivity contribution in [2.75, 3.05) is 0 Å². The predicted octanol–water partition coefficient (Wildman–Crippen LogP) is 3.63. The van der Waals surface area contributed by atoms with Crippen molar-refractivity contribution in [3.63, 3.8) is 0 Å². The van der Waals surface area contributed by atoms with E-state index < -0.39 is 0 Å². The molecule has 0 saturated heterocycles. The summed E-state index contributed by atoms with van der Waals surface area (Å²) < 4.78 is 5.58. The molecule has 0 fully saturated rings. The van der Waals surface area contributed by atoms with E-state index in [4.69, 9.17) is 4.74 Å². The Morgan fingerprint density at radius 2 is 1.96 bits per heavy atom. The first kappa shape index (κ1) is 15.7. The number of amides is 1. The molecule has 0 unspecified atom stereocenters. The van der Waals surface area contributed by atoms with Crippen molar-refractivity contribution in [1.29, 1.82) is 0 Å². The van der Waals surface area contributed by atoms with Crippen molar-refractivity contribution >= 4 is 11.5 Å². The number of carbonyl (C=O) groups is 1. The average molecular weight is 319 g/mol. The van der Waals surface area contributed by atoms with Gasteiger partial charge in [0.2, 0.25) is 5.91 Å². The average Bonchev–Trinajstić information content (AvgIpc) is 2.92. The van der Waals surface area contributed by atoms with Crippen LogP contribution in [0, 0.1) is 0 Å². The molecule has 1 aliphatic heterocycles. The standard InChI is InChI=1S/C19H17N3O2/c1-3-14(10-17-13(2)9-18(23)22-17)15-11-20-19(21-12-15)24-16-7-5-4-6-8-16/h3-8,10-12H,1,9H2,2H3,(H,22,23)/b14-10+. The van der Waals surface area contributed by atoms with E-state index in [2.05, 4.69) is 21.9 Å². The smallest absolute Gasteiger partial charge is 0.321 e. The van der Waals surface area contributed by atoms with Crippen LogP contribution in [0.25, 0.3) is 5.57 Å². The highest BCUT2D eigenvalue weighted by Crippen LogP contribution is 2.22. The molecule has 0 radical (unpaired) electrons. The van der Waals surface area contributed by atoms with E-state index in [0.717, 1.165) is 22.4 Å². The number of hydrogen-bond donors (Lipinski definition) is 1. The van der Waals surface area contributed by atoms with Gasteiger partial charge in [0.05, 0.1) is 0 Å². The molecule has 0 atom stereocenters. The van der Waals surface area contributed by atoms with E-state index in [9.17, 15) is 4.79 Å². The van der Waals surface area contributed by atoms with Gasteiger partial charge in [0.15, 0.2) is 0 Å². The van der Waals surface area contributed by atoms with E-state index >= 15 is 0 Å². The Labute approximate surface area is 140 Å². The number of nitrogens with one attached hydrogen (secondary N) is 1. The zero-order chi connectivity index (χ0) is 16.9. The Morgan fingerprint density at radius 1 is 1.25 bits per heavy atom. The highest BCUT2D eigenvalue weighted by molar-refractivity contribution is 5.86. The molecule has 1 aromatic carbocycles. The molecule has 24 heavy (non-hydrogen) atoms. The van der Waals surface area contributed by atoms with Crippen LogP contribution in [0.1, 0.15) is 18.9 Å². The minimum absolute atomic E-state index is 0.00465. The fourth-order valence-electron chi connectivity index (χ4n) is 2.32. The van der Waals surface area contributed by atoms with Crippen LogP contribution in [0.15, 0.2) is 72.7 Å². The van der Waals surface area contributed by atoms with Gasteiger partial charge in [0, 0.05) is 30.1 Å². The van der Waals surface area contributed by atoms with Gasteiger partial charge < -0.3 is 10.1 Å². The first-order valence-electron chi connectivity index (χ1n) is 7.55. The molecule has 1 N–H and O–H groups in total. The van der Waals surface area contributed by atoms with Crippen molar-refractivity contribution in [2.45, 2.75) is 13.3 Å². The van der Waals surface area contributed by atoms with Gasteiger partial charge in [-0.3, -0.25) is 4.79 Å². The lowest BCUT2D eigenvalue weighted by molar-refractivity contribution is -0.118. The number of allylic oxidation sites excluding steroid dienone is 3. The molecule has 0 saturated carbocycles. The van der Waals surface area contributed by atoms with Gasteiger partial charge in [0.1, 0.15) is 5.75 Å². The summed E-state index contributed by atoms with van der Waals surface area (Å²) in [7, 11) is 0. The van der Waals surface area contributed by atoms with E-state index in [0.29, 0.717) is 12.2 Å².